The number of nitrogens with one attached hydrogen (secondary N) is 1. The van der Waals surface area contributed by atoms with Crippen LogP contribution in [0.25, 0.3) is 10.1 Å². The molecule has 0 aliphatic heterocycles. The maximum Gasteiger partial charge on any atom is 0.300 e. The fourth-order valence-corrected chi connectivity index (χ4v) is 2.59. The molecule has 0 bridgehead atoms. The molecule has 0 spiro atoms. The van der Waals surface area contributed by atoms with Gasteiger partial charge in [0.25, 0.3) is 5.97 Å². The van der Waals surface area contributed by atoms with Crippen LogP contribution in [0.2, 0.25) is 0 Å². The van der Waals surface area contributed by atoms with E-state index in [1.807, 2.05) is 34.7 Å². The molecule has 0 fully saturated rings. The van der Waals surface area contributed by atoms with E-state index in [4.69, 9.17) is 19.7 Å². The zero-order valence-corrected chi connectivity index (χ0v) is 19.6. The van der Waals surface area contributed by atoms with Gasteiger partial charge in [0.05, 0.1) is 6.61 Å². The SMILES string of the molecule is CC.CC.CC(=O)O.CCO.CNCCCOCCc1ccc2sccc2c1. The third-order valence-corrected chi connectivity index (χ3v) is 3.67. The van der Waals surface area contributed by atoms with E-state index in [1.54, 1.807) is 18.3 Å². The summed E-state index contributed by atoms with van der Waals surface area (Å²) in [6, 6.07) is 8.85. The molecule has 28 heavy (non-hydrogen) atoms. The van der Waals surface area contributed by atoms with Gasteiger partial charge in [0.1, 0.15) is 0 Å². The summed E-state index contributed by atoms with van der Waals surface area (Å²) >= 11 is 1.80. The molecule has 0 aliphatic carbocycles. The van der Waals surface area contributed by atoms with Gasteiger partial charge in [-0.05, 0) is 61.8 Å². The topological polar surface area (TPSA) is 78.8 Å². The highest BCUT2D eigenvalue weighted by atomic mass is 32.1. The fraction of sp³-hybridized carbons (Fsp3) is 0.591. The number of carboxylic acid groups (broad SMARTS) is 1. The van der Waals surface area contributed by atoms with Crippen molar-refractivity contribution >= 4 is 27.4 Å². The molecule has 1 aromatic heterocycles. The summed E-state index contributed by atoms with van der Waals surface area (Å²) in [7, 11) is 1.97. The van der Waals surface area contributed by atoms with Gasteiger partial charge in [0.2, 0.25) is 0 Å². The van der Waals surface area contributed by atoms with Crippen molar-refractivity contribution in [2.45, 2.75) is 54.4 Å². The number of thiophene rings is 1. The van der Waals surface area contributed by atoms with Gasteiger partial charge in [-0.3, -0.25) is 4.79 Å². The van der Waals surface area contributed by atoms with Crippen molar-refractivity contribution < 1.29 is 19.7 Å². The first kappa shape index (κ1) is 31.2. The zero-order chi connectivity index (χ0) is 22.2. The second-order valence-electron chi connectivity index (χ2n) is 4.95. The first-order valence-corrected chi connectivity index (χ1v) is 10.9. The number of carboxylic acids is 1. The Morgan fingerprint density at radius 3 is 2.25 bits per heavy atom. The molecule has 1 aromatic carbocycles. The van der Waals surface area contributed by atoms with Gasteiger partial charge < -0.3 is 20.3 Å². The van der Waals surface area contributed by atoms with Crippen molar-refractivity contribution in [3.8, 4) is 0 Å². The standard InChI is InChI=1S/C14H19NOS.C2H4O2.C2H6O.2C2H6/c1-15-7-2-8-16-9-5-12-3-4-14-13(11-12)6-10-17-14;1-2(3)4;1-2-3;2*1-2/h3-4,6,10-11,15H,2,5,7-9H2,1H3;1H3,(H,3,4);3H,2H2,1H3;2*1-2H3. The minimum atomic E-state index is -0.833. The first-order valence-electron chi connectivity index (χ1n) is 10.0. The summed E-state index contributed by atoms with van der Waals surface area (Å²) < 4.78 is 6.96. The Balaban J connectivity index is -0.000000480. The van der Waals surface area contributed by atoms with Crippen LogP contribution in [0, 0.1) is 0 Å². The van der Waals surface area contributed by atoms with Gasteiger partial charge in [0, 0.05) is 24.8 Å². The zero-order valence-electron chi connectivity index (χ0n) is 18.7. The van der Waals surface area contributed by atoms with Gasteiger partial charge >= 0.3 is 0 Å². The third-order valence-electron chi connectivity index (χ3n) is 2.77. The molecule has 0 saturated heterocycles. The van der Waals surface area contributed by atoms with Crippen molar-refractivity contribution in [3.63, 3.8) is 0 Å². The van der Waals surface area contributed by atoms with Crippen LogP contribution in [-0.4, -0.2) is 49.6 Å². The van der Waals surface area contributed by atoms with Gasteiger partial charge in [-0.25, -0.2) is 0 Å². The van der Waals surface area contributed by atoms with Crippen LogP contribution in [0.15, 0.2) is 29.6 Å². The molecular weight excluding hydrogens is 374 g/mol. The van der Waals surface area contributed by atoms with Gasteiger partial charge in [-0.1, -0.05) is 39.8 Å². The molecule has 0 unspecified atom stereocenters. The number of carbonyl (C=O) groups is 1. The number of ether oxygens (including phenoxy) is 1. The summed E-state index contributed by atoms with van der Waals surface area (Å²) in [6.07, 6.45) is 2.09. The number of aliphatic carboxylic acids is 1. The van der Waals surface area contributed by atoms with Crippen LogP contribution in [0.1, 0.15) is 53.5 Å². The van der Waals surface area contributed by atoms with E-state index in [-0.39, 0.29) is 6.61 Å². The minimum absolute atomic E-state index is 0.250. The van der Waals surface area contributed by atoms with E-state index in [0.29, 0.717) is 0 Å². The number of hydrogen-bond donors (Lipinski definition) is 3. The second kappa shape index (κ2) is 25.5. The van der Waals surface area contributed by atoms with Gasteiger partial charge in [-0.2, -0.15) is 0 Å². The molecule has 2 rings (SSSR count). The fourth-order valence-electron chi connectivity index (χ4n) is 1.81. The number of benzene rings is 1. The Kier molecular flexibility index (Phi) is 28.5. The number of hydrogen-bond acceptors (Lipinski definition) is 5. The third kappa shape index (κ3) is 20.8. The average molecular weight is 416 g/mol. The number of aliphatic hydroxyl groups excluding tert-OH is 1. The van der Waals surface area contributed by atoms with Crippen LogP contribution >= 0.6 is 11.3 Å². The van der Waals surface area contributed by atoms with Gasteiger partial charge in [0.15, 0.2) is 0 Å². The molecule has 2 aromatic rings. The molecule has 1 heterocycles. The summed E-state index contributed by atoms with van der Waals surface area (Å²) in [5.41, 5.74) is 1.37. The van der Waals surface area contributed by atoms with E-state index >= 15 is 0 Å². The van der Waals surface area contributed by atoms with Crippen LogP contribution in [-0.2, 0) is 16.0 Å². The lowest BCUT2D eigenvalue weighted by Gasteiger charge is -2.04. The Bertz CT molecular complexity index is 554. The highest BCUT2D eigenvalue weighted by molar-refractivity contribution is 7.17. The lowest BCUT2D eigenvalue weighted by atomic mass is 10.1. The van der Waals surface area contributed by atoms with E-state index in [1.165, 1.54) is 15.6 Å². The summed E-state index contributed by atoms with van der Waals surface area (Å²) in [5, 5.41) is 21.6. The second-order valence-corrected chi connectivity index (χ2v) is 5.90. The van der Waals surface area contributed by atoms with E-state index < -0.39 is 5.97 Å². The number of fused-ring (bicyclic) bond motifs is 1. The largest absolute Gasteiger partial charge is 0.481 e. The lowest BCUT2D eigenvalue weighted by molar-refractivity contribution is -0.134. The molecule has 0 amide bonds. The van der Waals surface area contributed by atoms with Crippen LogP contribution < -0.4 is 5.32 Å². The highest BCUT2D eigenvalue weighted by Crippen LogP contribution is 2.21. The van der Waals surface area contributed by atoms with Crippen molar-refractivity contribution in [1.29, 1.82) is 0 Å². The molecule has 5 nitrogen and oxygen atoms in total. The molecule has 6 heteroatoms. The predicted molar refractivity (Wildman–Crippen MR) is 124 cm³/mol. The van der Waals surface area contributed by atoms with Crippen molar-refractivity contribution in [3.05, 3.63) is 35.2 Å². The quantitative estimate of drug-likeness (QED) is 0.541. The first-order chi connectivity index (χ1) is 13.5. The molecule has 0 radical (unpaired) electrons. The Labute approximate surface area is 175 Å². The Morgan fingerprint density at radius 2 is 1.71 bits per heavy atom. The molecular formula is C22H41NO4S. The lowest BCUT2D eigenvalue weighted by Crippen LogP contribution is -2.11. The molecule has 0 aliphatic rings. The normalized spacial score (nSPS) is 8.71. The van der Waals surface area contributed by atoms with Gasteiger partial charge in [-0.15, -0.1) is 11.3 Å². The molecule has 164 valence electrons. The van der Waals surface area contributed by atoms with Crippen LogP contribution in [0.5, 0.6) is 0 Å². The van der Waals surface area contributed by atoms with E-state index in [9.17, 15) is 0 Å². The van der Waals surface area contributed by atoms with E-state index in [2.05, 4.69) is 35.0 Å². The summed E-state index contributed by atoms with van der Waals surface area (Å²) in [5.74, 6) is -0.833. The summed E-state index contributed by atoms with van der Waals surface area (Å²) in [4.78, 5) is 9.00. The Hall–Kier alpha value is -1.47. The minimum Gasteiger partial charge on any atom is -0.481 e. The number of aliphatic hydroxyl groups is 1. The van der Waals surface area contributed by atoms with Crippen molar-refractivity contribution in [1.82, 2.24) is 5.32 Å². The monoisotopic (exact) mass is 415 g/mol. The van der Waals surface area contributed by atoms with Crippen LogP contribution in [0.3, 0.4) is 0 Å². The summed E-state index contributed by atoms with van der Waals surface area (Å²) in [6.45, 7) is 13.7. The Morgan fingerprint density at radius 1 is 1.14 bits per heavy atom. The average Bonchev–Trinajstić information content (AvgIpc) is 3.16. The molecule has 3 N–H and O–H groups in total. The number of rotatable bonds is 7. The van der Waals surface area contributed by atoms with Crippen molar-refractivity contribution in [2.24, 2.45) is 0 Å². The maximum absolute atomic E-state index is 9.00. The smallest absolute Gasteiger partial charge is 0.300 e. The predicted octanol–water partition coefficient (Wildman–Crippen LogP) is 5.21. The van der Waals surface area contributed by atoms with E-state index in [0.717, 1.165) is 39.5 Å². The van der Waals surface area contributed by atoms with Crippen molar-refractivity contribution in [2.75, 3.05) is 33.4 Å². The maximum atomic E-state index is 9.00. The highest BCUT2D eigenvalue weighted by Gasteiger charge is 1.98. The molecule has 0 atom stereocenters. The molecule has 0 saturated carbocycles. The van der Waals surface area contributed by atoms with Crippen LogP contribution in [0.4, 0.5) is 0 Å².